The molecular formula is C20H24N6O. The van der Waals surface area contributed by atoms with Crippen LogP contribution < -0.4 is 0 Å². The molecule has 3 aromatic rings. The van der Waals surface area contributed by atoms with Crippen molar-refractivity contribution in [3.8, 4) is 11.4 Å². The first-order chi connectivity index (χ1) is 13.2. The minimum atomic E-state index is 0.0484. The molecule has 0 radical (unpaired) electrons. The molecule has 0 bridgehead atoms. The lowest BCUT2D eigenvalue weighted by Crippen LogP contribution is -2.36. The second-order valence-electron chi connectivity index (χ2n) is 6.85. The summed E-state index contributed by atoms with van der Waals surface area (Å²) in [6, 6.07) is 7.69. The molecule has 7 heteroatoms. The average molecular weight is 364 g/mol. The van der Waals surface area contributed by atoms with Crippen LogP contribution in [0.3, 0.4) is 0 Å². The Bertz CT molecular complexity index is 944. The van der Waals surface area contributed by atoms with E-state index >= 15 is 0 Å². The largest absolute Gasteiger partial charge is 0.334 e. The third-order valence-electron chi connectivity index (χ3n) is 5.06. The average Bonchev–Trinajstić information content (AvgIpc) is 3.34. The molecule has 140 valence electrons. The molecule has 1 aliphatic rings. The van der Waals surface area contributed by atoms with Crippen LogP contribution in [0.5, 0.6) is 0 Å². The maximum Gasteiger partial charge on any atom is 0.254 e. The van der Waals surface area contributed by atoms with Crippen molar-refractivity contribution in [2.24, 2.45) is 0 Å². The Balaban J connectivity index is 1.59. The lowest BCUT2D eigenvalue weighted by Gasteiger charge is -2.27. The summed E-state index contributed by atoms with van der Waals surface area (Å²) in [7, 11) is 0. The highest BCUT2D eigenvalue weighted by atomic mass is 16.2. The van der Waals surface area contributed by atoms with Crippen molar-refractivity contribution in [1.29, 1.82) is 0 Å². The normalized spacial score (nSPS) is 13.6. The zero-order chi connectivity index (χ0) is 18.8. The van der Waals surface area contributed by atoms with Crippen molar-refractivity contribution in [1.82, 2.24) is 29.9 Å². The summed E-state index contributed by atoms with van der Waals surface area (Å²) in [4.78, 5) is 19.4. The summed E-state index contributed by atoms with van der Waals surface area (Å²) < 4.78 is 1.88. The van der Waals surface area contributed by atoms with Crippen LogP contribution in [-0.4, -0.2) is 42.3 Å². The van der Waals surface area contributed by atoms with Crippen molar-refractivity contribution in [3.63, 3.8) is 0 Å². The second-order valence-corrected chi connectivity index (χ2v) is 6.85. The van der Waals surface area contributed by atoms with Crippen LogP contribution in [0.25, 0.3) is 11.4 Å². The number of nitrogens with zero attached hydrogens (tertiary/aromatic N) is 5. The molecule has 0 spiro atoms. The van der Waals surface area contributed by atoms with Gasteiger partial charge in [0.25, 0.3) is 5.91 Å². The Morgan fingerprint density at radius 2 is 2.19 bits per heavy atom. The summed E-state index contributed by atoms with van der Waals surface area (Å²) >= 11 is 0. The number of H-pyrrole nitrogens is 1. The molecule has 3 heterocycles. The number of nitrogens with one attached hydrogen (secondary N) is 1. The van der Waals surface area contributed by atoms with Crippen LogP contribution in [0.15, 0.2) is 30.6 Å². The Morgan fingerprint density at radius 1 is 1.30 bits per heavy atom. The highest BCUT2D eigenvalue weighted by Gasteiger charge is 2.25. The number of aryl methyl sites for hydroxylation is 2. The first-order valence-electron chi connectivity index (χ1n) is 9.53. The van der Waals surface area contributed by atoms with Gasteiger partial charge in [0.15, 0.2) is 5.82 Å². The Hall–Kier alpha value is -2.96. The molecule has 1 aromatic carbocycles. The Kier molecular flexibility index (Phi) is 4.75. The van der Waals surface area contributed by atoms with E-state index in [1.165, 1.54) is 5.56 Å². The quantitative estimate of drug-likeness (QED) is 0.755. The first kappa shape index (κ1) is 17.5. The summed E-state index contributed by atoms with van der Waals surface area (Å²) in [6.07, 6.45) is 4.24. The fraction of sp³-hybridized carbons (Fsp3) is 0.400. The SMILES string of the molecule is CCCn1ncnc1-c1cccc(C(=O)N2CCc3[nH]nc(CC)c3C2)c1. The number of rotatable bonds is 5. The zero-order valence-corrected chi connectivity index (χ0v) is 15.8. The van der Waals surface area contributed by atoms with E-state index in [0.29, 0.717) is 18.7 Å². The predicted octanol–water partition coefficient (Wildman–Crippen LogP) is 2.84. The molecule has 0 saturated carbocycles. The van der Waals surface area contributed by atoms with Crippen molar-refractivity contribution < 1.29 is 4.79 Å². The highest BCUT2D eigenvalue weighted by Crippen LogP contribution is 2.24. The summed E-state index contributed by atoms with van der Waals surface area (Å²) in [5, 5.41) is 11.8. The van der Waals surface area contributed by atoms with Crippen molar-refractivity contribution in [2.45, 2.75) is 46.2 Å². The van der Waals surface area contributed by atoms with E-state index in [4.69, 9.17) is 0 Å². The van der Waals surface area contributed by atoms with Crippen molar-refractivity contribution in [3.05, 3.63) is 53.1 Å². The van der Waals surface area contributed by atoms with Gasteiger partial charge in [0, 0.05) is 48.4 Å². The third-order valence-corrected chi connectivity index (χ3v) is 5.06. The predicted molar refractivity (Wildman–Crippen MR) is 102 cm³/mol. The van der Waals surface area contributed by atoms with Gasteiger partial charge in [0.05, 0.1) is 5.69 Å². The fourth-order valence-corrected chi connectivity index (χ4v) is 3.66. The number of hydrogen-bond donors (Lipinski definition) is 1. The number of hydrogen-bond acceptors (Lipinski definition) is 4. The van der Waals surface area contributed by atoms with Gasteiger partial charge in [-0.2, -0.15) is 10.2 Å². The Morgan fingerprint density at radius 3 is 3.00 bits per heavy atom. The van der Waals surface area contributed by atoms with Gasteiger partial charge in [-0.05, 0) is 25.0 Å². The maximum absolute atomic E-state index is 13.1. The fourth-order valence-electron chi connectivity index (χ4n) is 3.66. The first-order valence-corrected chi connectivity index (χ1v) is 9.53. The van der Waals surface area contributed by atoms with Crippen LogP contribution >= 0.6 is 0 Å². The lowest BCUT2D eigenvalue weighted by atomic mass is 10.0. The molecule has 7 nitrogen and oxygen atoms in total. The van der Waals surface area contributed by atoms with Gasteiger partial charge < -0.3 is 4.90 Å². The number of aromatic nitrogens is 5. The minimum Gasteiger partial charge on any atom is -0.334 e. The molecule has 4 rings (SSSR count). The van der Waals surface area contributed by atoms with Gasteiger partial charge in [-0.15, -0.1) is 0 Å². The van der Waals surface area contributed by atoms with E-state index < -0.39 is 0 Å². The lowest BCUT2D eigenvalue weighted by molar-refractivity contribution is 0.0734. The number of fused-ring (bicyclic) bond motifs is 1. The second kappa shape index (κ2) is 7.34. The third kappa shape index (κ3) is 3.25. The van der Waals surface area contributed by atoms with Crippen LogP contribution in [0.2, 0.25) is 0 Å². The van der Waals surface area contributed by atoms with Gasteiger partial charge in [0.2, 0.25) is 0 Å². The van der Waals surface area contributed by atoms with Crippen LogP contribution in [0.4, 0.5) is 0 Å². The van der Waals surface area contributed by atoms with Gasteiger partial charge in [-0.3, -0.25) is 9.89 Å². The minimum absolute atomic E-state index is 0.0484. The van der Waals surface area contributed by atoms with E-state index in [1.54, 1.807) is 6.33 Å². The number of benzene rings is 1. The summed E-state index contributed by atoms with van der Waals surface area (Å²) in [6.45, 7) is 6.32. The van der Waals surface area contributed by atoms with Crippen LogP contribution in [0, 0.1) is 0 Å². The molecule has 2 aromatic heterocycles. The molecule has 0 saturated heterocycles. The molecule has 1 amide bonds. The summed E-state index contributed by atoms with van der Waals surface area (Å²) in [5.74, 6) is 0.850. The van der Waals surface area contributed by atoms with Crippen LogP contribution in [-0.2, 0) is 25.9 Å². The van der Waals surface area contributed by atoms with Crippen molar-refractivity contribution >= 4 is 5.91 Å². The van der Waals surface area contributed by atoms with Crippen LogP contribution in [0.1, 0.15) is 47.6 Å². The smallest absolute Gasteiger partial charge is 0.254 e. The highest BCUT2D eigenvalue weighted by molar-refractivity contribution is 5.95. The van der Waals surface area contributed by atoms with E-state index in [-0.39, 0.29) is 5.91 Å². The molecule has 0 fully saturated rings. The molecule has 27 heavy (non-hydrogen) atoms. The van der Waals surface area contributed by atoms with Gasteiger partial charge in [0.1, 0.15) is 6.33 Å². The maximum atomic E-state index is 13.1. The summed E-state index contributed by atoms with van der Waals surface area (Å²) in [5.41, 5.74) is 5.00. The van der Waals surface area contributed by atoms with Gasteiger partial charge in [-0.25, -0.2) is 9.67 Å². The molecule has 1 aliphatic heterocycles. The Labute approximate surface area is 158 Å². The van der Waals surface area contributed by atoms with Crippen molar-refractivity contribution in [2.75, 3.05) is 6.54 Å². The zero-order valence-electron chi connectivity index (χ0n) is 15.8. The molecule has 0 aliphatic carbocycles. The van der Waals surface area contributed by atoms with Gasteiger partial charge in [-0.1, -0.05) is 26.0 Å². The van der Waals surface area contributed by atoms with E-state index in [1.807, 2.05) is 33.8 Å². The molecule has 0 unspecified atom stereocenters. The van der Waals surface area contributed by atoms with E-state index in [0.717, 1.165) is 48.6 Å². The topological polar surface area (TPSA) is 79.7 Å². The molecule has 1 N–H and O–H groups in total. The monoisotopic (exact) mass is 364 g/mol. The van der Waals surface area contributed by atoms with E-state index in [2.05, 4.69) is 34.1 Å². The number of aromatic amines is 1. The number of amides is 1. The van der Waals surface area contributed by atoms with E-state index in [9.17, 15) is 4.79 Å². The standard InChI is InChI=1S/C20H24N6O/c1-3-9-26-19(21-13-22-26)14-6-5-7-15(11-14)20(27)25-10-8-18-16(12-25)17(4-2)23-24-18/h5-7,11,13H,3-4,8-10,12H2,1-2H3,(H,23,24). The molecule has 0 atom stereocenters. The molecular weight excluding hydrogens is 340 g/mol. The number of carbonyl (C=O) groups excluding carboxylic acids is 1. The van der Waals surface area contributed by atoms with Gasteiger partial charge >= 0.3 is 0 Å². The number of carbonyl (C=O) groups is 1.